The van der Waals surface area contributed by atoms with Gasteiger partial charge in [-0.1, -0.05) is 44.4 Å². The highest BCUT2D eigenvalue weighted by Crippen LogP contribution is 2.30. The smallest absolute Gasteiger partial charge is 0.159 e. The molecule has 0 aliphatic heterocycles. The standard InChI is InChI=1S/C22H27BOS/c1-5-6-11-24-22-16(3)15(2)18(14-20(22)23-4)13-19-12-17-9-7-8-10-21(17)25-19/h7-10,12,14,23H,5-6,11,13H2,1-4H3. The molecule has 0 amide bonds. The Bertz CT molecular complexity index is 833. The molecule has 3 rings (SSSR count). The van der Waals surface area contributed by atoms with Crippen molar-refractivity contribution in [2.75, 3.05) is 6.61 Å². The second-order valence-electron chi connectivity index (χ2n) is 6.76. The fraction of sp³-hybridized carbons (Fsp3) is 0.364. The lowest BCUT2D eigenvalue weighted by Crippen LogP contribution is -2.19. The summed E-state index contributed by atoms with van der Waals surface area (Å²) in [7, 11) is 1.02. The molecular formula is C22H27BOS. The summed E-state index contributed by atoms with van der Waals surface area (Å²) in [6.45, 7) is 9.70. The predicted octanol–water partition coefficient (Wildman–Crippen LogP) is 5.40. The third-order valence-electron chi connectivity index (χ3n) is 4.99. The molecule has 1 aromatic heterocycles. The zero-order valence-electron chi connectivity index (χ0n) is 15.8. The van der Waals surface area contributed by atoms with Crippen LogP contribution in [0.4, 0.5) is 0 Å². The molecule has 1 nitrogen and oxygen atoms in total. The normalized spacial score (nSPS) is 11.0. The lowest BCUT2D eigenvalue weighted by atomic mass is 9.70. The quantitative estimate of drug-likeness (QED) is 0.410. The summed E-state index contributed by atoms with van der Waals surface area (Å²) in [6.07, 6.45) is 3.29. The van der Waals surface area contributed by atoms with Crippen LogP contribution in [0.3, 0.4) is 0 Å². The molecule has 0 atom stereocenters. The van der Waals surface area contributed by atoms with Crippen LogP contribution in [0.25, 0.3) is 10.1 Å². The summed E-state index contributed by atoms with van der Waals surface area (Å²) >= 11 is 1.91. The molecule has 1 heterocycles. The third kappa shape index (κ3) is 3.93. The first-order chi connectivity index (χ1) is 12.1. The average molecular weight is 350 g/mol. The van der Waals surface area contributed by atoms with E-state index < -0.39 is 0 Å². The number of ether oxygens (including phenoxy) is 1. The molecule has 2 aromatic carbocycles. The molecule has 130 valence electrons. The first-order valence-corrected chi connectivity index (χ1v) is 10.2. The molecule has 0 aliphatic rings. The van der Waals surface area contributed by atoms with E-state index in [0.29, 0.717) is 0 Å². The maximum Gasteiger partial charge on any atom is 0.159 e. The number of hydrogen-bond donors (Lipinski definition) is 0. The van der Waals surface area contributed by atoms with E-state index in [1.807, 2.05) is 11.3 Å². The SMILES string of the molecule is CBc1cc(Cc2cc3ccccc3s2)c(C)c(C)c1OCCCC. The van der Waals surface area contributed by atoms with E-state index in [-0.39, 0.29) is 0 Å². The van der Waals surface area contributed by atoms with Crippen molar-refractivity contribution in [1.29, 1.82) is 0 Å². The maximum atomic E-state index is 6.14. The van der Waals surface area contributed by atoms with Crippen molar-refractivity contribution in [2.24, 2.45) is 0 Å². The van der Waals surface area contributed by atoms with Crippen molar-refractivity contribution < 1.29 is 4.74 Å². The summed E-state index contributed by atoms with van der Waals surface area (Å²) < 4.78 is 7.51. The lowest BCUT2D eigenvalue weighted by Gasteiger charge is -2.18. The highest BCUT2D eigenvalue weighted by molar-refractivity contribution is 7.19. The first-order valence-electron chi connectivity index (χ1n) is 9.36. The minimum absolute atomic E-state index is 0.819. The van der Waals surface area contributed by atoms with Crippen molar-refractivity contribution in [3.63, 3.8) is 0 Å². The zero-order chi connectivity index (χ0) is 17.8. The van der Waals surface area contributed by atoms with Gasteiger partial charge in [0.25, 0.3) is 0 Å². The van der Waals surface area contributed by atoms with Crippen molar-refractivity contribution in [3.8, 4) is 5.75 Å². The molecular weight excluding hydrogens is 323 g/mol. The van der Waals surface area contributed by atoms with Gasteiger partial charge in [0, 0.05) is 16.0 Å². The van der Waals surface area contributed by atoms with Crippen LogP contribution in [0.5, 0.6) is 5.75 Å². The van der Waals surface area contributed by atoms with Gasteiger partial charge in [-0.25, -0.2) is 0 Å². The van der Waals surface area contributed by atoms with Gasteiger partial charge in [0.05, 0.1) is 6.61 Å². The minimum atomic E-state index is 0.819. The highest BCUT2D eigenvalue weighted by atomic mass is 32.1. The maximum absolute atomic E-state index is 6.14. The average Bonchev–Trinajstić information content (AvgIpc) is 3.03. The number of thiophene rings is 1. The van der Waals surface area contributed by atoms with E-state index in [1.54, 1.807) is 0 Å². The number of hydrogen-bond acceptors (Lipinski definition) is 2. The van der Waals surface area contributed by atoms with E-state index in [1.165, 1.54) is 43.5 Å². The number of rotatable bonds is 7. The number of benzene rings is 2. The van der Waals surface area contributed by atoms with Gasteiger partial charge in [-0.2, -0.15) is 0 Å². The van der Waals surface area contributed by atoms with E-state index in [9.17, 15) is 0 Å². The Hall–Kier alpha value is -1.74. The second-order valence-corrected chi connectivity index (χ2v) is 7.93. The van der Waals surface area contributed by atoms with Crippen LogP contribution in [-0.4, -0.2) is 13.9 Å². The summed E-state index contributed by atoms with van der Waals surface area (Å²) in [5.74, 6) is 1.12. The molecule has 0 radical (unpaired) electrons. The largest absolute Gasteiger partial charge is 0.494 e. The van der Waals surface area contributed by atoms with Gasteiger partial charge >= 0.3 is 0 Å². The minimum Gasteiger partial charge on any atom is -0.494 e. The van der Waals surface area contributed by atoms with Gasteiger partial charge in [-0.15, -0.1) is 11.3 Å². The number of unbranched alkanes of at least 4 members (excludes halogenated alkanes) is 1. The van der Waals surface area contributed by atoms with Crippen molar-refractivity contribution in [2.45, 2.75) is 46.9 Å². The van der Waals surface area contributed by atoms with Gasteiger partial charge in [-0.3, -0.25) is 0 Å². The summed E-state index contributed by atoms with van der Waals surface area (Å²) in [5, 5.41) is 1.35. The molecule has 0 saturated carbocycles. The molecule has 0 fully saturated rings. The Morgan fingerprint density at radius 2 is 1.88 bits per heavy atom. The third-order valence-corrected chi connectivity index (χ3v) is 6.11. The first kappa shape index (κ1) is 18.1. The topological polar surface area (TPSA) is 9.23 Å². The Morgan fingerprint density at radius 1 is 1.08 bits per heavy atom. The Balaban J connectivity index is 1.91. The molecule has 0 aliphatic carbocycles. The molecule has 0 bridgehead atoms. The second kappa shape index (κ2) is 8.10. The van der Waals surface area contributed by atoms with Crippen LogP contribution in [0.15, 0.2) is 36.4 Å². The predicted molar refractivity (Wildman–Crippen MR) is 114 cm³/mol. The van der Waals surface area contributed by atoms with Gasteiger partial charge in [0.1, 0.15) is 5.75 Å². The molecule has 0 spiro atoms. The van der Waals surface area contributed by atoms with Crippen LogP contribution >= 0.6 is 11.3 Å². The fourth-order valence-corrected chi connectivity index (χ4v) is 4.40. The van der Waals surface area contributed by atoms with Gasteiger partial charge < -0.3 is 4.74 Å². The van der Waals surface area contributed by atoms with E-state index in [2.05, 4.69) is 64.0 Å². The molecule has 3 aromatic rings. The van der Waals surface area contributed by atoms with Crippen LogP contribution in [0.2, 0.25) is 6.82 Å². The van der Waals surface area contributed by atoms with E-state index >= 15 is 0 Å². The molecule has 0 saturated heterocycles. The van der Waals surface area contributed by atoms with Crippen molar-refractivity contribution in [3.05, 3.63) is 58.0 Å². The molecule has 25 heavy (non-hydrogen) atoms. The monoisotopic (exact) mass is 350 g/mol. The van der Waals surface area contributed by atoms with Crippen molar-refractivity contribution in [1.82, 2.24) is 0 Å². The summed E-state index contributed by atoms with van der Waals surface area (Å²) in [4.78, 5) is 1.44. The molecule has 0 unspecified atom stereocenters. The van der Waals surface area contributed by atoms with Crippen LogP contribution in [0.1, 0.15) is 41.3 Å². The Kier molecular flexibility index (Phi) is 5.85. The van der Waals surface area contributed by atoms with Crippen LogP contribution in [0, 0.1) is 13.8 Å². The zero-order valence-corrected chi connectivity index (χ0v) is 16.6. The van der Waals surface area contributed by atoms with Gasteiger partial charge in [-0.05, 0) is 59.9 Å². The summed E-state index contributed by atoms with van der Waals surface area (Å²) in [5.41, 5.74) is 5.46. The fourth-order valence-electron chi connectivity index (χ4n) is 3.31. The summed E-state index contributed by atoms with van der Waals surface area (Å²) in [6, 6.07) is 13.4. The van der Waals surface area contributed by atoms with Gasteiger partial charge in [0.2, 0.25) is 0 Å². The van der Waals surface area contributed by atoms with Crippen LogP contribution in [-0.2, 0) is 6.42 Å². The van der Waals surface area contributed by atoms with E-state index in [4.69, 9.17) is 4.74 Å². The van der Waals surface area contributed by atoms with E-state index in [0.717, 1.165) is 32.5 Å². The Labute approximate surface area is 156 Å². The van der Waals surface area contributed by atoms with Crippen LogP contribution < -0.4 is 10.2 Å². The number of fused-ring (bicyclic) bond motifs is 1. The van der Waals surface area contributed by atoms with Gasteiger partial charge in [0.15, 0.2) is 7.28 Å². The Morgan fingerprint density at radius 3 is 2.60 bits per heavy atom. The lowest BCUT2D eigenvalue weighted by molar-refractivity contribution is 0.309. The highest BCUT2D eigenvalue weighted by Gasteiger charge is 2.14. The molecule has 0 N–H and O–H groups in total. The molecule has 3 heteroatoms. The van der Waals surface area contributed by atoms with Crippen molar-refractivity contribution >= 4 is 34.2 Å².